The van der Waals surface area contributed by atoms with Crippen molar-refractivity contribution in [3.8, 4) is 0 Å². The number of rotatable bonds is 2. The fourth-order valence-corrected chi connectivity index (χ4v) is 1.98. The van der Waals surface area contributed by atoms with E-state index < -0.39 is 0 Å². The highest BCUT2D eigenvalue weighted by Gasteiger charge is 2.21. The molecule has 0 saturated carbocycles. The van der Waals surface area contributed by atoms with Crippen LogP contribution in [0.15, 0.2) is 0 Å². The molecule has 3 N–H and O–H groups in total. The highest BCUT2D eigenvalue weighted by molar-refractivity contribution is 7.71. The lowest BCUT2D eigenvalue weighted by Gasteiger charge is -2.26. The first-order valence-electron chi connectivity index (χ1n) is 4.39. The van der Waals surface area contributed by atoms with Crippen LogP contribution in [-0.4, -0.2) is 16.1 Å². The number of H-pyrrole nitrogens is 1. The predicted molar refractivity (Wildman–Crippen MR) is 57.5 cm³/mol. The van der Waals surface area contributed by atoms with Crippen molar-refractivity contribution in [2.24, 2.45) is 5.73 Å². The first kappa shape index (κ1) is 10.5. The first-order valence-corrected chi connectivity index (χ1v) is 4.79. The standard InChI is InChI=1S/C9H17N3S/c1-6-7(2)12(8(13)11-6)9(3,4)5-10/h5,10H2,1-4H3,(H,11,13). The number of aromatic amines is 1. The van der Waals surface area contributed by atoms with Crippen LogP contribution in [0.5, 0.6) is 0 Å². The van der Waals surface area contributed by atoms with Crippen LogP contribution in [0.3, 0.4) is 0 Å². The highest BCUT2D eigenvalue weighted by Crippen LogP contribution is 2.19. The molecule has 3 nitrogen and oxygen atoms in total. The van der Waals surface area contributed by atoms with E-state index in [2.05, 4.69) is 30.3 Å². The molecule has 74 valence electrons. The van der Waals surface area contributed by atoms with Crippen molar-refractivity contribution in [1.82, 2.24) is 9.55 Å². The molecule has 0 atom stereocenters. The van der Waals surface area contributed by atoms with Crippen molar-refractivity contribution in [2.45, 2.75) is 33.2 Å². The van der Waals surface area contributed by atoms with E-state index in [1.807, 2.05) is 6.92 Å². The summed E-state index contributed by atoms with van der Waals surface area (Å²) in [6.07, 6.45) is 0. The zero-order chi connectivity index (χ0) is 10.2. The molecule has 0 aliphatic heterocycles. The van der Waals surface area contributed by atoms with Gasteiger partial charge in [-0.3, -0.25) is 0 Å². The quantitative estimate of drug-likeness (QED) is 0.714. The van der Waals surface area contributed by atoms with Crippen LogP contribution in [-0.2, 0) is 5.54 Å². The second-order valence-corrected chi connectivity index (χ2v) is 4.38. The minimum Gasteiger partial charge on any atom is -0.335 e. The maximum Gasteiger partial charge on any atom is 0.178 e. The molecule has 0 radical (unpaired) electrons. The van der Waals surface area contributed by atoms with E-state index >= 15 is 0 Å². The van der Waals surface area contributed by atoms with Crippen LogP contribution in [0.4, 0.5) is 0 Å². The van der Waals surface area contributed by atoms with E-state index in [0.29, 0.717) is 6.54 Å². The summed E-state index contributed by atoms with van der Waals surface area (Å²) in [6, 6.07) is 0. The fraction of sp³-hybridized carbons (Fsp3) is 0.667. The van der Waals surface area contributed by atoms with E-state index in [4.69, 9.17) is 18.0 Å². The molecular weight excluding hydrogens is 182 g/mol. The Hall–Kier alpha value is -0.610. The third-order valence-electron chi connectivity index (χ3n) is 2.48. The zero-order valence-electron chi connectivity index (χ0n) is 8.64. The van der Waals surface area contributed by atoms with Gasteiger partial charge in [-0.2, -0.15) is 0 Å². The lowest BCUT2D eigenvalue weighted by molar-refractivity contribution is 0.356. The molecule has 1 heterocycles. The number of hydrogen-bond acceptors (Lipinski definition) is 2. The summed E-state index contributed by atoms with van der Waals surface area (Å²) in [6.45, 7) is 8.83. The monoisotopic (exact) mass is 199 g/mol. The Bertz CT molecular complexity index is 359. The lowest BCUT2D eigenvalue weighted by Crippen LogP contribution is -2.35. The van der Waals surface area contributed by atoms with Gasteiger partial charge in [-0.25, -0.2) is 0 Å². The largest absolute Gasteiger partial charge is 0.335 e. The minimum absolute atomic E-state index is 0.105. The van der Waals surface area contributed by atoms with Crippen molar-refractivity contribution >= 4 is 12.2 Å². The van der Waals surface area contributed by atoms with E-state index in [-0.39, 0.29) is 5.54 Å². The Morgan fingerprint density at radius 2 is 2.00 bits per heavy atom. The smallest absolute Gasteiger partial charge is 0.178 e. The third-order valence-corrected chi connectivity index (χ3v) is 2.77. The summed E-state index contributed by atoms with van der Waals surface area (Å²) in [5.41, 5.74) is 7.88. The van der Waals surface area contributed by atoms with Gasteiger partial charge in [0.15, 0.2) is 4.77 Å². The summed E-state index contributed by atoms with van der Waals surface area (Å²) in [4.78, 5) is 3.14. The van der Waals surface area contributed by atoms with Gasteiger partial charge in [0.05, 0.1) is 5.54 Å². The van der Waals surface area contributed by atoms with Gasteiger partial charge in [0.2, 0.25) is 0 Å². The number of imidazole rings is 1. The second-order valence-electron chi connectivity index (χ2n) is 3.99. The number of hydrogen-bond donors (Lipinski definition) is 2. The van der Waals surface area contributed by atoms with Crippen molar-refractivity contribution < 1.29 is 0 Å². The molecule has 0 fully saturated rings. The molecule has 0 spiro atoms. The highest BCUT2D eigenvalue weighted by atomic mass is 32.1. The van der Waals surface area contributed by atoms with Crippen LogP contribution < -0.4 is 5.73 Å². The molecule has 0 aliphatic carbocycles. The van der Waals surface area contributed by atoms with Gasteiger partial charge in [-0.1, -0.05) is 0 Å². The molecule has 13 heavy (non-hydrogen) atoms. The number of nitrogens with one attached hydrogen (secondary N) is 1. The Kier molecular flexibility index (Phi) is 2.63. The predicted octanol–water partition coefficient (Wildman–Crippen LogP) is 1.86. The van der Waals surface area contributed by atoms with Crippen LogP contribution in [0, 0.1) is 18.6 Å². The molecule has 1 rings (SSSR count). The van der Waals surface area contributed by atoms with Crippen LogP contribution in [0.25, 0.3) is 0 Å². The van der Waals surface area contributed by atoms with Gasteiger partial charge >= 0.3 is 0 Å². The number of nitrogens with two attached hydrogens (primary N) is 1. The Morgan fingerprint density at radius 3 is 2.31 bits per heavy atom. The lowest BCUT2D eigenvalue weighted by atomic mass is 10.1. The first-order chi connectivity index (χ1) is 5.90. The van der Waals surface area contributed by atoms with Crippen LogP contribution in [0.2, 0.25) is 0 Å². The summed E-state index contributed by atoms with van der Waals surface area (Å²) < 4.78 is 2.84. The Labute approximate surface area is 84.0 Å². The molecule has 4 heteroatoms. The van der Waals surface area contributed by atoms with Crippen molar-refractivity contribution in [3.05, 3.63) is 16.2 Å². The normalized spacial score (nSPS) is 12.1. The number of aromatic nitrogens is 2. The van der Waals surface area contributed by atoms with Crippen molar-refractivity contribution in [2.75, 3.05) is 6.54 Å². The Morgan fingerprint density at radius 1 is 1.46 bits per heavy atom. The maximum atomic E-state index is 5.70. The van der Waals surface area contributed by atoms with E-state index in [0.717, 1.165) is 10.5 Å². The summed E-state index contributed by atoms with van der Waals surface area (Å²) in [7, 11) is 0. The molecule has 0 aliphatic rings. The van der Waals surface area contributed by atoms with Crippen molar-refractivity contribution in [1.29, 1.82) is 0 Å². The van der Waals surface area contributed by atoms with Gasteiger partial charge in [-0.05, 0) is 39.9 Å². The van der Waals surface area contributed by atoms with E-state index in [1.54, 1.807) is 0 Å². The molecule has 1 aromatic rings. The van der Waals surface area contributed by atoms with Gasteiger partial charge in [0.1, 0.15) is 0 Å². The second kappa shape index (κ2) is 3.27. The van der Waals surface area contributed by atoms with Crippen molar-refractivity contribution in [3.63, 3.8) is 0 Å². The van der Waals surface area contributed by atoms with Crippen LogP contribution in [0.1, 0.15) is 25.2 Å². The summed E-state index contributed by atoms with van der Waals surface area (Å²) >= 11 is 5.23. The third kappa shape index (κ3) is 1.69. The molecule has 0 unspecified atom stereocenters. The van der Waals surface area contributed by atoms with Crippen LogP contribution >= 0.6 is 12.2 Å². The molecule has 0 aromatic carbocycles. The average molecular weight is 199 g/mol. The van der Waals surface area contributed by atoms with Gasteiger partial charge in [0.25, 0.3) is 0 Å². The Balaban J connectivity index is 3.37. The maximum absolute atomic E-state index is 5.70. The van der Waals surface area contributed by atoms with E-state index in [1.165, 1.54) is 5.69 Å². The molecule has 0 saturated heterocycles. The summed E-state index contributed by atoms with van der Waals surface area (Å²) in [5, 5.41) is 0. The zero-order valence-corrected chi connectivity index (χ0v) is 9.46. The minimum atomic E-state index is -0.105. The molecule has 0 amide bonds. The molecule has 1 aromatic heterocycles. The topological polar surface area (TPSA) is 46.7 Å². The van der Waals surface area contributed by atoms with Gasteiger partial charge < -0.3 is 15.3 Å². The number of aryl methyl sites for hydroxylation is 1. The number of nitrogens with zero attached hydrogens (tertiary/aromatic N) is 1. The fourth-order valence-electron chi connectivity index (χ4n) is 1.45. The SMILES string of the molecule is Cc1[nH]c(=S)n(C(C)(C)CN)c1C. The van der Waals surface area contributed by atoms with Gasteiger partial charge in [-0.15, -0.1) is 0 Å². The average Bonchev–Trinajstić information content (AvgIpc) is 2.27. The summed E-state index contributed by atoms with van der Waals surface area (Å²) in [5.74, 6) is 0. The molecule has 0 bridgehead atoms. The van der Waals surface area contributed by atoms with Gasteiger partial charge in [0, 0.05) is 17.9 Å². The molecular formula is C9H17N3S. The van der Waals surface area contributed by atoms with E-state index in [9.17, 15) is 0 Å².